The van der Waals surface area contributed by atoms with Gasteiger partial charge in [-0.2, -0.15) is 13.2 Å². The van der Waals surface area contributed by atoms with Gasteiger partial charge < -0.3 is 14.7 Å². The van der Waals surface area contributed by atoms with Crippen LogP contribution in [-0.4, -0.2) is 54.8 Å². The number of alkyl halides is 3. The maximum Gasteiger partial charge on any atom is 0.446 e. The highest BCUT2D eigenvalue weighted by Crippen LogP contribution is 2.36. The molecule has 0 aliphatic heterocycles. The van der Waals surface area contributed by atoms with Gasteiger partial charge in [-0.3, -0.25) is 4.79 Å². The van der Waals surface area contributed by atoms with Gasteiger partial charge in [0.2, 0.25) is 0 Å². The summed E-state index contributed by atoms with van der Waals surface area (Å²) in [4.78, 5) is 13.6. The molecule has 0 heterocycles. The molecule has 0 aliphatic rings. The van der Waals surface area contributed by atoms with Gasteiger partial charge in [0.05, 0.1) is 13.2 Å². The summed E-state index contributed by atoms with van der Waals surface area (Å²) in [7, 11) is 1.49. The lowest BCUT2D eigenvalue weighted by molar-refractivity contribution is -0.0328. The molecule has 0 fully saturated rings. The Bertz CT molecular complexity index is 451. The number of hydrogen-bond donors (Lipinski definition) is 1. The number of carbonyl (C=O) groups excluding carboxylic acids is 1. The van der Waals surface area contributed by atoms with Crippen molar-refractivity contribution in [2.24, 2.45) is 0 Å². The zero-order valence-electron chi connectivity index (χ0n) is 11.4. The van der Waals surface area contributed by atoms with Crippen molar-refractivity contribution in [3.05, 3.63) is 29.8 Å². The average molecular weight is 323 g/mol. The second-order valence-corrected chi connectivity index (χ2v) is 5.22. The third kappa shape index (κ3) is 6.36. The van der Waals surface area contributed by atoms with Gasteiger partial charge in [-0.25, -0.2) is 0 Å². The maximum atomic E-state index is 12.2. The number of benzene rings is 1. The van der Waals surface area contributed by atoms with E-state index in [4.69, 9.17) is 9.84 Å². The number of ether oxygens (including phenoxy) is 1. The molecule has 0 unspecified atom stereocenters. The molecule has 8 heteroatoms. The third-order valence-electron chi connectivity index (χ3n) is 2.56. The lowest BCUT2D eigenvalue weighted by atomic mass is 10.2. The highest BCUT2D eigenvalue weighted by Gasteiger charge is 2.29. The lowest BCUT2D eigenvalue weighted by Gasteiger charge is -2.21. The molecule has 1 amide bonds. The van der Waals surface area contributed by atoms with Crippen LogP contribution >= 0.6 is 11.8 Å². The third-order valence-corrected chi connectivity index (χ3v) is 3.30. The molecule has 0 aliphatic carbocycles. The van der Waals surface area contributed by atoms with E-state index in [-0.39, 0.29) is 41.3 Å². The smallest absolute Gasteiger partial charge is 0.395 e. The first-order valence-electron chi connectivity index (χ1n) is 6.12. The van der Waals surface area contributed by atoms with Crippen LogP contribution in [0.25, 0.3) is 0 Å². The molecular formula is C13H16F3NO3S. The van der Waals surface area contributed by atoms with Crippen molar-refractivity contribution in [3.8, 4) is 0 Å². The number of thioether (sulfide) groups is 1. The molecule has 0 bridgehead atoms. The zero-order chi connectivity index (χ0) is 15.9. The second-order valence-electron chi connectivity index (χ2n) is 4.08. The molecule has 1 aromatic carbocycles. The molecule has 0 aromatic heterocycles. The molecule has 1 aromatic rings. The number of hydrogen-bond acceptors (Lipinski definition) is 4. The fourth-order valence-electron chi connectivity index (χ4n) is 1.62. The minimum atomic E-state index is -4.35. The molecule has 118 valence electrons. The highest BCUT2D eigenvalue weighted by atomic mass is 32.2. The first kappa shape index (κ1) is 17.8. The Labute approximate surface area is 124 Å². The van der Waals surface area contributed by atoms with E-state index in [0.29, 0.717) is 13.2 Å². The Morgan fingerprint density at radius 3 is 2.38 bits per heavy atom. The number of nitrogens with zero attached hydrogens (tertiary/aromatic N) is 1. The van der Waals surface area contributed by atoms with Crippen LogP contribution in [0.1, 0.15) is 10.4 Å². The summed E-state index contributed by atoms with van der Waals surface area (Å²) in [5, 5.41) is 8.94. The Balaban J connectivity index is 2.76. The van der Waals surface area contributed by atoms with E-state index in [1.165, 1.54) is 36.3 Å². The molecule has 1 rings (SSSR count). The largest absolute Gasteiger partial charge is 0.446 e. The highest BCUT2D eigenvalue weighted by molar-refractivity contribution is 8.00. The molecule has 4 nitrogen and oxygen atoms in total. The van der Waals surface area contributed by atoms with Gasteiger partial charge in [0.1, 0.15) is 0 Å². The van der Waals surface area contributed by atoms with E-state index in [2.05, 4.69) is 0 Å². The quantitative estimate of drug-likeness (QED) is 0.783. The van der Waals surface area contributed by atoms with Crippen LogP contribution in [0.2, 0.25) is 0 Å². The van der Waals surface area contributed by atoms with Crippen LogP contribution in [0.5, 0.6) is 0 Å². The monoisotopic (exact) mass is 323 g/mol. The van der Waals surface area contributed by atoms with Crippen LogP contribution < -0.4 is 0 Å². The summed E-state index contributed by atoms with van der Waals surface area (Å²) in [6.45, 7) is 0.557. The molecule has 0 radical (unpaired) electrons. The summed E-state index contributed by atoms with van der Waals surface area (Å²) >= 11 is -0.231. The van der Waals surface area contributed by atoms with Crippen molar-refractivity contribution in [1.82, 2.24) is 4.90 Å². The number of amides is 1. The number of aliphatic hydroxyl groups excluding tert-OH is 1. The SMILES string of the molecule is COCCN(CCO)C(=O)c1ccc(SC(F)(F)F)cc1. The Kier molecular flexibility index (Phi) is 7.00. The van der Waals surface area contributed by atoms with Gasteiger partial charge in [-0.05, 0) is 36.0 Å². The number of carbonyl (C=O) groups is 1. The molecule has 0 spiro atoms. The van der Waals surface area contributed by atoms with Gasteiger partial charge in [0, 0.05) is 30.7 Å². The lowest BCUT2D eigenvalue weighted by Crippen LogP contribution is -2.36. The molecule has 0 saturated carbocycles. The van der Waals surface area contributed by atoms with Crippen LogP contribution in [-0.2, 0) is 4.74 Å². The van der Waals surface area contributed by atoms with Crippen LogP contribution in [0.3, 0.4) is 0 Å². The molecule has 0 saturated heterocycles. The Hall–Kier alpha value is -1.25. The van der Waals surface area contributed by atoms with E-state index in [1.54, 1.807) is 0 Å². The summed E-state index contributed by atoms with van der Waals surface area (Å²) in [6.07, 6.45) is 0. The van der Waals surface area contributed by atoms with Crippen molar-refractivity contribution in [3.63, 3.8) is 0 Å². The minimum absolute atomic E-state index is 0.0182. The first-order valence-corrected chi connectivity index (χ1v) is 6.94. The van der Waals surface area contributed by atoms with Crippen molar-refractivity contribution in [1.29, 1.82) is 0 Å². The zero-order valence-corrected chi connectivity index (χ0v) is 12.2. The van der Waals surface area contributed by atoms with E-state index in [1.807, 2.05) is 0 Å². The molecular weight excluding hydrogens is 307 g/mol. The number of halogens is 3. The number of rotatable bonds is 7. The standard InChI is InChI=1S/C13H16F3NO3S/c1-20-9-7-17(6-8-18)12(19)10-2-4-11(5-3-10)21-13(14,15)16/h2-5,18H,6-9H2,1H3. The van der Waals surface area contributed by atoms with E-state index >= 15 is 0 Å². The van der Waals surface area contributed by atoms with E-state index < -0.39 is 5.51 Å². The predicted molar refractivity (Wildman–Crippen MR) is 73.2 cm³/mol. The predicted octanol–water partition coefficient (Wildman–Crippen LogP) is 2.38. The van der Waals surface area contributed by atoms with Gasteiger partial charge in [0.25, 0.3) is 5.91 Å². The fraction of sp³-hybridized carbons (Fsp3) is 0.462. The normalized spacial score (nSPS) is 11.5. The van der Waals surface area contributed by atoms with Crippen molar-refractivity contribution in [2.45, 2.75) is 10.4 Å². The van der Waals surface area contributed by atoms with Crippen molar-refractivity contribution >= 4 is 17.7 Å². The van der Waals surface area contributed by atoms with Gasteiger partial charge >= 0.3 is 5.51 Å². The number of methoxy groups -OCH3 is 1. The van der Waals surface area contributed by atoms with Crippen LogP contribution in [0.4, 0.5) is 13.2 Å². The summed E-state index contributed by atoms with van der Waals surface area (Å²) in [5.41, 5.74) is -4.08. The topological polar surface area (TPSA) is 49.8 Å². The van der Waals surface area contributed by atoms with Crippen molar-refractivity contribution in [2.75, 3.05) is 33.4 Å². The van der Waals surface area contributed by atoms with Crippen LogP contribution in [0, 0.1) is 0 Å². The molecule has 1 N–H and O–H groups in total. The van der Waals surface area contributed by atoms with E-state index in [0.717, 1.165) is 0 Å². The van der Waals surface area contributed by atoms with E-state index in [9.17, 15) is 18.0 Å². The Morgan fingerprint density at radius 2 is 1.90 bits per heavy atom. The minimum Gasteiger partial charge on any atom is -0.395 e. The first-order chi connectivity index (χ1) is 9.87. The van der Waals surface area contributed by atoms with Gasteiger partial charge in [-0.15, -0.1) is 0 Å². The molecule has 21 heavy (non-hydrogen) atoms. The fourth-order valence-corrected chi connectivity index (χ4v) is 2.16. The average Bonchev–Trinajstić information content (AvgIpc) is 2.42. The Morgan fingerprint density at radius 1 is 1.29 bits per heavy atom. The van der Waals surface area contributed by atoms with Crippen molar-refractivity contribution < 1.29 is 27.8 Å². The summed E-state index contributed by atoms with van der Waals surface area (Å²) in [6, 6.07) is 5.18. The summed E-state index contributed by atoms with van der Waals surface area (Å²) in [5.74, 6) is -0.357. The van der Waals surface area contributed by atoms with Gasteiger partial charge in [0.15, 0.2) is 0 Å². The summed E-state index contributed by atoms with van der Waals surface area (Å²) < 4.78 is 41.5. The molecule has 0 atom stereocenters. The van der Waals surface area contributed by atoms with Gasteiger partial charge in [-0.1, -0.05) is 0 Å². The number of aliphatic hydroxyl groups is 1. The maximum absolute atomic E-state index is 12.2. The van der Waals surface area contributed by atoms with Crippen LogP contribution in [0.15, 0.2) is 29.2 Å². The second kappa shape index (κ2) is 8.26.